The van der Waals surface area contributed by atoms with Gasteiger partial charge in [-0.25, -0.2) is 0 Å². The number of nitrogens with one attached hydrogen (secondary N) is 1. The molecule has 0 saturated carbocycles. The van der Waals surface area contributed by atoms with Gasteiger partial charge in [-0.2, -0.15) is 0 Å². The Bertz CT molecular complexity index is 1560. The summed E-state index contributed by atoms with van der Waals surface area (Å²) in [5.74, 6) is -0.164. The molecule has 0 aliphatic carbocycles. The lowest BCUT2D eigenvalue weighted by Crippen LogP contribution is -2.60. The third-order valence-electron chi connectivity index (χ3n) is 18.2. The zero-order valence-corrected chi connectivity index (χ0v) is 57.7. The second kappa shape index (κ2) is 66.3. The largest absolute Gasteiger partial charge is 0.466 e. The topological polar surface area (TPSA) is 175 Å². The minimum Gasteiger partial charge on any atom is -0.466 e. The van der Waals surface area contributed by atoms with Crippen molar-refractivity contribution < 1.29 is 49.3 Å². The number of aliphatic hydroxyl groups is 5. The number of hydrogen-bond donors (Lipinski definition) is 6. The Morgan fingerprint density at radius 1 is 0.420 bits per heavy atom. The maximum Gasteiger partial charge on any atom is 0.305 e. The number of allylic oxidation sites excluding steroid dienone is 5. The van der Waals surface area contributed by atoms with Gasteiger partial charge in [0, 0.05) is 12.8 Å². The van der Waals surface area contributed by atoms with Crippen LogP contribution in [0.25, 0.3) is 0 Å². The minimum absolute atomic E-state index is 0.0153. The molecule has 1 heterocycles. The molecule has 6 N–H and O–H groups in total. The summed E-state index contributed by atoms with van der Waals surface area (Å²) >= 11 is 0. The molecule has 11 nitrogen and oxygen atoms in total. The third kappa shape index (κ3) is 54.4. The Balaban J connectivity index is 1.88. The van der Waals surface area contributed by atoms with Gasteiger partial charge in [0.1, 0.15) is 24.4 Å². The molecule has 0 radical (unpaired) electrons. The number of aliphatic hydroxyl groups excluding tert-OH is 5. The molecule has 0 bridgehead atoms. The highest BCUT2D eigenvalue weighted by Gasteiger charge is 2.44. The maximum absolute atomic E-state index is 13.0. The van der Waals surface area contributed by atoms with Gasteiger partial charge in [-0.15, -0.1) is 0 Å². The molecular formula is C77H145NO10. The van der Waals surface area contributed by atoms with E-state index in [2.05, 4.69) is 43.5 Å². The predicted octanol–water partition coefficient (Wildman–Crippen LogP) is 20.1. The van der Waals surface area contributed by atoms with Gasteiger partial charge in [0.05, 0.1) is 32.0 Å². The molecule has 1 aliphatic heterocycles. The number of carbonyl (C=O) groups excluding carboxylic acids is 2. The average Bonchev–Trinajstić information content (AvgIpc) is 3.35. The standard InChI is InChI=1S/C77H145NO10/c1-3-5-7-9-11-13-14-15-42-45-49-53-57-61-65-73(82)86-66-62-58-54-50-46-43-40-38-36-34-32-30-28-26-24-22-20-18-16-17-19-21-23-25-27-29-31-33-35-37-39-41-44-48-52-56-60-64-72(81)78-69(70(80)63-59-55-51-47-12-10-8-6-4-2)68-87-77-76(85)75(84)74(83)71(67-79)88-77/h16,18,22,24,59,63,69-71,74-77,79-80,83-85H,3-15,17,19-21,23,25-58,60-62,64-68H2,1-2H3,(H,78,81)/b18-16-,24-22-,63-59+. The van der Waals surface area contributed by atoms with E-state index in [9.17, 15) is 35.1 Å². The molecule has 1 saturated heterocycles. The summed E-state index contributed by atoms with van der Waals surface area (Å²) in [5, 5.41) is 54.3. The lowest BCUT2D eigenvalue weighted by atomic mass is 9.99. The van der Waals surface area contributed by atoms with Crippen LogP contribution in [0.5, 0.6) is 0 Å². The zero-order valence-electron chi connectivity index (χ0n) is 57.7. The second-order valence-corrected chi connectivity index (χ2v) is 26.7. The molecule has 0 aromatic heterocycles. The first kappa shape index (κ1) is 83.9. The minimum atomic E-state index is -1.57. The van der Waals surface area contributed by atoms with Gasteiger partial charge in [-0.05, 0) is 64.2 Å². The molecule has 1 aliphatic rings. The van der Waals surface area contributed by atoms with Crippen molar-refractivity contribution in [2.24, 2.45) is 0 Å². The SMILES string of the molecule is CCCCCCCCC/C=C/C(O)C(COC1OC(CO)C(O)C(O)C1O)NC(=O)CCCCCCCCCCCCCCCCCCC/C=C\C/C=C\CCCCCCCCCCCCCCCOC(=O)CCCCCCCCCCCCCCCC. The van der Waals surface area contributed by atoms with Crippen LogP contribution in [-0.4, -0.2) is 100 Å². The number of amides is 1. The summed E-state index contributed by atoms with van der Waals surface area (Å²) in [6.45, 7) is 4.36. The van der Waals surface area contributed by atoms with E-state index in [1.165, 1.54) is 295 Å². The fourth-order valence-electron chi connectivity index (χ4n) is 12.2. The lowest BCUT2D eigenvalue weighted by Gasteiger charge is -2.40. The number of carbonyl (C=O) groups is 2. The number of esters is 1. The first-order chi connectivity index (χ1) is 43.2. The highest BCUT2D eigenvalue weighted by Crippen LogP contribution is 2.24. The van der Waals surface area contributed by atoms with E-state index in [0.717, 1.165) is 57.8 Å². The van der Waals surface area contributed by atoms with Gasteiger partial charge < -0.3 is 45.1 Å². The zero-order chi connectivity index (χ0) is 63.7. The van der Waals surface area contributed by atoms with Crippen molar-refractivity contribution in [2.75, 3.05) is 19.8 Å². The van der Waals surface area contributed by atoms with E-state index in [0.29, 0.717) is 19.4 Å². The molecule has 1 amide bonds. The van der Waals surface area contributed by atoms with Crippen LogP contribution in [0.1, 0.15) is 380 Å². The van der Waals surface area contributed by atoms with Crippen LogP contribution in [0.4, 0.5) is 0 Å². The summed E-state index contributed by atoms with van der Waals surface area (Å²) < 4.78 is 16.7. The number of unbranched alkanes of at least 4 members (excludes halogenated alkanes) is 50. The van der Waals surface area contributed by atoms with Crippen molar-refractivity contribution >= 4 is 11.9 Å². The fraction of sp³-hybridized carbons (Fsp3) is 0.896. The second-order valence-electron chi connectivity index (χ2n) is 26.7. The molecule has 0 aromatic carbocycles. The summed E-state index contributed by atoms with van der Waals surface area (Å²) in [6, 6.07) is -0.806. The van der Waals surface area contributed by atoms with Gasteiger partial charge >= 0.3 is 5.97 Å². The molecular weight excluding hydrogens is 1100 g/mol. The van der Waals surface area contributed by atoms with Gasteiger partial charge in [0.25, 0.3) is 0 Å². The predicted molar refractivity (Wildman–Crippen MR) is 371 cm³/mol. The monoisotopic (exact) mass is 1240 g/mol. The van der Waals surface area contributed by atoms with E-state index in [4.69, 9.17) is 14.2 Å². The van der Waals surface area contributed by atoms with Gasteiger partial charge in [-0.3, -0.25) is 9.59 Å². The molecule has 0 spiro atoms. The fourth-order valence-corrected chi connectivity index (χ4v) is 12.2. The Labute approximate surface area is 543 Å². The van der Waals surface area contributed by atoms with Gasteiger partial charge in [0.2, 0.25) is 5.91 Å². The normalized spacial score (nSPS) is 17.9. The summed E-state index contributed by atoms with van der Waals surface area (Å²) in [6.07, 6.45) is 76.1. The number of rotatable bonds is 68. The number of hydrogen-bond acceptors (Lipinski definition) is 10. The van der Waals surface area contributed by atoms with Crippen LogP contribution in [0.15, 0.2) is 36.5 Å². The van der Waals surface area contributed by atoms with Crippen LogP contribution in [0.2, 0.25) is 0 Å². The Hall–Kier alpha value is -2.12. The van der Waals surface area contributed by atoms with Crippen LogP contribution in [0.3, 0.4) is 0 Å². The quantitative estimate of drug-likeness (QED) is 0.0195. The third-order valence-corrected chi connectivity index (χ3v) is 18.2. The average molecular weight is 1250 g/mol. The molecule has 88 heavy (non-hydrogen) atoms. The molecule has 11 heteroatoms. The van der Waals surface area contributed by atoms with Crippen LogP contribution in [-0.2, 0) is 23.8 Å². The Kier molecular flexibility index (Phi) is 63.2. The van der Waals surface area contributed by atoms with E-state index in [1.54, 1.807) is 6.08 Å². The molecule has 1 fully saturated rings. The highest BCUT2D eigenvalue weighted by atomic mass is 16.7. The summed E-state index contributed by atoms with van der Waals surface area (Å²) in [4.78, 5) is 25.1. The Morgan fingerprint density at radius 3 is 1.15 bits per heavy atom. The van der Waals surface area contributed by atoms with E-state index < -0.39 is 49.5 Å². The van der Waals surface area contributed by atoms with Gasteiger partial charge in [0.15, 0.2) is 6.29 Å². The lowest BCUT2D eigenvalue weighted by molar-refractivity contribution is -0.302. The highest BCUT2D eigenvalue weighted by molar-refractivity contribution is 5.76. The van der Waals surface area contributed by atoms with Crippen LogP contribution in [0, 0.1) is 0 Å². The number of ether oxygens (including phenoxy) is 3. The summed E-state index contributed by atoms with van der Waals surface area (Å²) in [5.41, 5.74) is 0. The molecule has 518 valence electrons. The maximum atomic E-state index is 13.0. The van der Waals surface area contributed by atoms with Crippen LogP contribution >= 0.6 is 0 Å². The van der Waals surface area contributed by atoms with Crippen molar-refractivity contribution in [2.45, 2.75) is 423 Å². The van der Waals surface area contributed by atoms with Crippen LogP contribution < -0.4 is 5.32 Å². The van der Waals surface area contributed by atoms with E-state index in [-0.39, 0.29) is 18.5 Å². The molecule has 0 aromatic rings. The smallest absolute Gasteiger partial charge is 0.305 e. The van der Waals surface area contributed by atoms with Gasteiger partial charge in [-0.1, -0.05) is 339 Å². The molecule has 1 rings (SSSR count). The van der Waals surface area contributed by atoms with Crippen molar-refractivity contribution in [3.8, 4) is 0 Å². The van der Waals surface area contributed by atoms with Crippen molar-refractivity contribution in [3.05, 3.63) is 36.5 Å². The van der Waals surface area contributed by atoms with Crippen molar-refractivity contribution in [1.29, 1.82) is 0 Å². The summed E-state index contributed by atoms with van der Waals surface area (Å²) in [7, 11) is 0. The van der Waals surface area contributed by atoms with E-state index in [1.807, 2.05) is 6.08 Å². The molecule has 7 atom stereocenters. The van der Waals surface area contributed by atoms with Crippen molar-refractivity contribution in [3.63, 3.8) is 0 Å². The first-order valence-corrected chi connectivity index (χ1v) is 38.3. The first-order valence-electron chi connectivity index (χ1n) is 38.3. The Morgan fingerprint density at radius 2 is 0.761 bits per heavy atom. The van der Waals surface area contributed by atoms with E-state index >= 15 is 0 Å². The van der Waals surface area contributed by atoms with Crippen molar-refractivity contribution in [1.82, 2.24) is 5.32 Å². The molecule has 7 unspecified atom stereocenters.